The van der Waals surface area contributed by atoms with Gasteiger partial charge in [-0.25, -0.2) is 4.79 Å². The molecule has 1 amide bonds. The van der Waals surface area contributed by atoms with Crippen LogP contribution in [-0.2, 0) is 9.53 Å². The summed E-state index contributed by atoms with van der Waals surface area (Å²) in [6.45, 7) is 5.22. The molecule has 0 aliphatic heterocycles. The van der Waals surface area contributed by atoms with Gasteiger partial charge in [0.15, 0.2) is 6.61 Å². The highest BCUT2D eigenvalue weighted by Crippen LogP contribution is 2.28. The van der Waals surface area contributed by atoms with E-state index in [9.17, 15) is 9.59 Å². The van der Waals surface area contributed by atoms with Crippen molar-refractivity contribution in [2.75, 3.05) is 18.2 Å². The van der Waals surface area contributed by atoms with E-state index in [4.69, 9.17) is 14.9 Å². The van der Waals surface area contributed by atoms with Gasteiger partial charge < -0.3 is 14.8 Å². The molecule has 2 N–H and O–H groups in total. The Morgan fingerprint density at radius 1 is 1.10 bits per heavy atom. The average molecular weight is 457 g/mol. The summed E-state index contributed by atoms with van der Waals surface area (Å²) in [6.07, 6.45) is 1.87. The van der Waals surface area contributed by atoms with Crippen LogP contribution in [0.15, 0.2) is 48.5 Å². The zero-order valence-electron chi connectivity index (χ0n) is 17.8. The van der Waals surface area contributed by atoms with Gasteiger partial charge in [-0.2, -0.15) is 0 Å². The molecule has 1 aromatic heterocycles. The van der Waals surface area contributed by atoms with E-state index in [2.05, 4.69) is 5.32 Å². The fourth-order valence-corrected chi connectivity index (χ4v) is 4.06. The van der Waals surface area contributed by atoms with Crippen LogP contribution in [0.25, 0.3) is 10.1 Å². The van der Waals surface area contributed by atoms with Crippen LogP contribution < -0.4 is 10.1 Å². The summed E-state index contributed by atoms with van der Waals surface area (Å²) in [6, 6.07) is 14.4. The average Bonchev–Trinajstić information content (AvgIpc) is 3.15. The van der Waals surface area contributed by atoms with Crippen molar-refractivity contribution in [3.8, 4) is 5.75 Å². The normalized spacial score (nSPS) is 11.2. The van der Waals surface area contributed by atoms with Crippen molar-refractivity contribution in [3.05, 3.63) is 59.0 Å². The number of anilines is 1. The SMILES string of the molecule is CSC(=N)c1ccc2sc(C(=O)Nc3ccc(OCC(=O)OC(C)(C)C)cc3)cc2c1. The quantitative estimate of drug-likeness (QED) is 0.288. The highest BCUT2D eigenvalue weighted by molar-refractivity contribution is 8.13. The van der Waals surface area contributed by atoms with Crippen molar-refractivity contribution in [1.29, 1.82) is 5.41 Å². The van der Waals surface area contributed by atoms with Crippen LogP contribution in [0.5, 0.6) is 5.75 Å². The first-order chi connectivity index (χ1) is 14.6. The van der Waals surface area contributed by atoms with Crippen molar-refractivity contribution in [2.45, 2.75) is 26.4 Å². The van der Waals surface area contributed by atoms with E-state index in [-0.39, 0.29) is 12.5 Å². The molecule has 0 saturated carbocycles. The third kappa shape index (κ3) is 6.32. The van der Waals surface area contributed by atoms with Gasteiger partial charge in [-0.1, -0.05) is 6.07 Å². The maximum Gasteiger partial charge on any atom is 0.344 e. The molecule has 0 bridgehead atoms. The molecule has 0 saturated heterocycles. The molecule has 0 aliphatic rings. The van der Waals surface area contributed by atoms with Crippen molar-refractivity contribution in [2.24, 2.45) is 0 Å². The maximum atomic E-state index is 12.7. The second-order valence-electron chi connectivity index (χ2n) is 7.75. The zero-order valence-corrected chi connectivity index (χ0v) is 19.4. The molecule has 3 aromatic rings. The van der Waals surface area contributed by atoms with Gasteiger partial charge in [-0.3, -0.25) is 10.2 Å². The van der Waals surface area contributed by atoms with Crippen molar-refractivity contribution < 1.29 is 19.1 Å². The Hall–Kier alpha value is -2.84. The van der Waals surface area contributed by atoms with Gasteiger partial charge in [0.05, 0.1) is 9.92 Å². The number of carbonyl (C=O) groups excluding carboxylic acids is 2. The van der Waals surface area contributed by atoms with E-state index in [0.717, 1.165) is 15.6 Å². The number of rotatable bonds is 6. The number of hydrogen-bond donors (Lipinski definition) is 2. The molecule has 0 atom stereocenters. The van der Waals surface area contributed by atoms with Crippen LogP contribution in [-0.4, -0.2) is 35.4 Å². The number of fused-ring (bicyclic) bond motifs is 1. The van der Waals surface area contributed by atoms with Crippen LogP contribution in [0.2, 0.25) is 0 Å². The van der Waals surface area contributed by atoms with Crippen LogP contribution >= 0.6 is 23.1 Å². The maximum absolute atomic E-state index is 12.7. The number of thioether (sulfide) groups is 1. The third-order valence-electron chi connectivity index (χ3n) is 4.10. The molecule has 31 heavy (non-hydrogen) atoms. The lowest BCUT2D eigenvalue weighted by Gasteiger charge is -2.19. The lowest BCUT2D eigenvalue weighted by molar-refractivity contribution is -0.157. The van der Waals surface area contributed by atoms with Crippen molar-refractivity contribution >= 4 is 55.8 Å². The molecule has 0 aliphatic carbocycles. The molecule has 1 heterocycles. The van der Waals surface area contributed by atoms with E-state index in [1.807, 2.05) is 30.5 Å². The first-order valence-corrected chi connectivity index (χ1v) is 11.6. The second kappa shape index (κ2) is 9.53. The van der Waals surface area contributed by atoms with Crippen LogP contribution in [0.4, 0.5) is 5.69 Å². The highest BCUT2D eigenvalue weighted by atomic mass is 32.2. The topological polar surface area (TPSA) is 88.5 Å². The van der Waals surface area contributed by atoms with Crippen LogP contribution in [0.3, 0.4) is 0 Å². The van der Waals surface area contributed by atoms with Gasteiger partial charge in [-0.05, 0) is 74.9 Å². The minimum atomic E-state index is -0.556. The van der Waals surface area contributed by atoms with Crippen molar-refractivity contribution in [1.82, 2.24) is 0 Å². The first kappa shape index (κ1) is 22.8. The van der Waals surface area contributed by atoms with Gasteiger partial charge in [0.25, 0.3) is 5.91 Å². The molecular formula is C23H24N2O4S2. The smallest absolute Gasteiger partial charge is 0.344 e. The molecule has 0 radical (unpaired) electrons. The first-order valence-electron chi connectivity index (χ1n) is 9.57. The van der Waals surface area contributed by atoms with E-state index in [1.165, 1.54) is 23.1 Å². The fourth-order valence-electron chi connectivity index (χ4n) is 2.75. The number of thiophene rings is 1. The summed E-state index contributed by atoms with van der Waals surface area (Å²) >= 11 is 2.79. The Balaban J connectivity index is 1.61. The molecule has 0 spiro atoms. The summed E-state index contributed by atoms with van der Waals surface area (Å²) in [5.41, 5.74) is 0.906. The molecular weight excluding hydrogens is 432 g/mol. The molecule has 0 fully saturated rings. The predicted molar refractivity (Wildman–Crippen MR) is 128 cm³/mol. The summed E-state index contributed by atoms with van der Waals surface area (Å²) in [5.74, 6) is -0.134. The Kier molecular flexibility index (Phi) is 7.02. The fraction of sp³-hybridized carbons (Fsp3) is 0.261. The summed E-state index contributed by atoms with van der Waals surface area (Å²) in [5, 5.41) is 12.3. The van der Waals surface area contributed by atoms with Gasteiger partial charge >= 0.3 is 5.97 Å². The molecule has 3 rings (SSSR count). The summed E-state index contributed by atoms with van der Waals surface area (Å²) in [7, 11) is 0. The monoisotopic (exact) mass is 456 g/mol. The van der Waals surface area contributed by atoms with Crippen molar-refractivity contribution in [3.63, 3.8) is 0 Å². The lowest BCUT2D eigenvalue weighted by Crippen LogP contribution is -2.27. The minimum absolute atomic E-state index is 0.180. The van der Waals surface area contributed by atoms with Crippen LogP contribution in [0, 0.1) is 5.41 Å². The number of amides is 1. The van der Waals surface area contributed by atoms with E-state index < -0.39 is 11.6 Å². The molecule has 2 aromatic carbocycles. The molecule has 6 nitrogen and oxygen atoms in total. The van der Waals surface area contributed by atoms with Gasteiger partial charge in [-0.15, -0.1) is 23.1 Å². The van der Waals surface area contributed by atoms with E-state index in [1.54, 1.807) is 45.0 Å². The molecule has 162 valence electrons. The second-order valence-corrected chi connectivity index (χ2v) is 9.65. The van der Waals surface area contributed by atoms with Gasteiger partial charge in [0, 0.05) is 16.0 Å². The standard InChI is InChI=1S/C23H24N2O4S2/c1-23(2,3)29-20(26)13-28-17-8-6-16(7-9-17)25-22(27)19-12-15-11-14(21(24)30-4)5-10-18(15)31-19/h5-12,24H,13H2,1-4H3,(H,25,27). The predicted octanol–water partition coefficient (Wildman–Crippen LogP) is 5.56. The third-order valence-corrected chi connectivity index (χ3v) is 5.85. The largest absolute Gasteiger partial charge is 0.482 e. The number of ether oxygens (including phenoxy) is 2. The Bertz CT molecular complexity index is 1110. The lowest BCUT2D eigenvalue weighted by atomic mass is 10.2. The van der Waals surface area contributed by atoms with Gasteiger partial charge in [0.2, 0.25) is 0 Å². The van der Waals surface area contributed by atoms with E-state index >= 15 is 0 Å². The van der Waals surface area contributed by atoms with Gasteiger partial charge in [0.1, 0.15) is 11.4 Å². The Labute approximate surface area is 189 Å². The van der Waals surface area contributed by atoms with Crippen LogP contribution in [0.1, 0.15) is 36.0 Å². The molecule has 0 unspecified atom stereocenters. The number of hydrogen-bond acceptors (Lipinski definition) is 7. The number of esters is 1. The summed E-state index contributed by atoms with van der Waals surface area (Å²) in [4.78, 5) is 25.0. The summed E-state index contributed by atoms with van der Waals surface area (Å²) < 4.78 is 11.6. The zero-order chi connectivity index (χ0) is 22.6. The number of nitrogens with one attached hydrogen (secondary N) is 2. The Morgan fingerprint density at radius 2 is 1.81 bits per heavy atom. The number of benzene rings is 2. The van der Waals surface area contributed by atoms with E-state index in [0.29, 0.717) is 21.4 Å². The molecule has 8 heteroatoms. The Morgan fingerprint density at radius 3 is 2.45 bits per heavy atom. The number of carbonyl (C=O) groups is 2. The highest BCUT2D eigenvalue weighted by Gasteiger charge is 2.17. The minimum Gasteiger partial charge on any atom is -0.482 e.